The molecule has 36 heavy (non-hydrogen) atoms. The van der Waals surface area contributed by atoms with Gasteiger partial charge < -0.3 is 9.88 Å². The van der Waals surface area contributed by atoms with Gasteiger partial charge in [-0.1, -0.05) is 26.8 Å². The standard InChI is InChI=1S/C29H26N6O/c1-19-7-8-24(34-10-11-35-27(34)16-26(33-35)21-6-5-9-31-18-21)15-25(19)32-28(36)22-12-20(17-30)13-23(14-22)29(2,3)4/h5-16,18H,1-4H3,(H,32,36). The minimum Gasteiger partial charge on any atom is -0.322 e. The van der Waals surface area contributed by atoms with E-state index in [2.05, 4.69) is 42.2 Å². The number of imidazole rings is 1. The summed E-state index contributed by atoms with van der Waals surface area (Å²) in [5.74, 6) is -0.251. The van der Waals surface area contributed by atoms with Crippen molar-refractivity contribution in [1.82, 2.24) is 19.2 Å². The molecule has 2 aromatic carbocycles. The van der Waals surface area contributed by atoms with Crippen molar-refractivity contribution in [2.24, 2.45) is 0 Å². The van der Waals surface area contributed by atoms with E-state index < -0.39 is 0 Å². The lowest BCUT2D eigenvalue weighted by Crippen LogP contribution is -2.17. The Balaban J connectivity index is 1.48. The maximum Gasteiger partial charge on any atom is 0.255 e. The van der Waals surface area contributed by atoms with Gasteiger partial charge in [-0.15, -0.1) is 0 Å². The molecule has 1 N–H and O–H groups in total. The molecule has 3 heterocycles. The second-order valence-corrected chi connectivity index (χ2v) is 9.86. The van der Waals surface area contributed by atoms with Gasteiger partial charge in [0.15, 0.2) is 0 Å². The molecule has 0 aliphatic heterocycles. The third kappa shape index (κ3) is 4.37. The fourth-order valence-corrected chi connectivity index (χ4v) is 4.10. The zero-order valence-electron chi connectivity index (χ0n) is 20.6. The molecular weight excluding hydrogens is 448 g/mol. The molecule has 0 radical (unpaired) electrons. The number of nitriles is 1. The van der Waals surface area contributed by atoms with Crippen LogP contribution < -0.4 is 5.32 Å². The Morgan fingerprint density at radius 1 is 1.06 bits per heavy atom. The van der Waals surface area contributed by atoms with E-state index in [-0.39, 0.29) is 11.3 Å². The van der Waals surface area contributed by atoms with E-state index in [0.29, 0.717) is 16.8 Å². The Bertz CT molecular complexity index is 1630. The zero-order chi connectivity index (χ0) is 25.4. The number of aryl methyl sites for hydroxylation is 1. The molecule has 0 bridgehead atoms. The highest BCUT2D eigenvalue weighted by Crippen LogP contribution is 2.27. The first-order valence-electron chi connectivity index (χ1n) is 11.7. The summed E-state index contributed by atoms with van der Waals surface area (Å²) in [6, 6.07) is 19.3. The van der Waals surface area contributed by atoms with Crippen LogP contribution >= 0.6 is 0 Å². The number of hydrogen-bond donors (Lipinski definition) is 1. The summed E-state index contributed by atoms with van der Waals surface area (Å²) in [6.45, 7) is 8.14. The van der Waals surface area contributed by atoms with Gasteiger partial charge in [0, 0.05) is 53.4 Å². The molecule has 3 aromatic heterocycles. The number of carbonyl (C=O) groups is 1. The molecule has 0 fully saturated rings. The van der Waals surface area contributed by atoms with E-state index in [1.54, 1.807) is 18.5 Å². The number of nitrogens with one attached hydrogen (secondary N) is 1. The molecule has 0 aliphatic carbocycles. The normalized spacial score (nSPS) is 11.4. The fourth-order valence-electron chi connectivity index (χ4n) is 4.10. The van der Waals surface area contributed by atoms with Gasteiger partial charge in [0.2, 0.25) is 0 Å². The van der Waals surface area contributed by atoms with Crippen LogP contribution in [0.15, 0.2) is 79.4 Å². The molecule has 0 unspecified atom stereocenters. The Morgan fingerprint density at radius 3 is 2.61 bits per heavy atom. The second kappa shape index (κ2) is 8.82. The third-order valence-corrected chi connectivity index (χ3v) is 6.21. The van der Waals surface area contributed by atoms with Gasteiger partial charge in [-0.2, -0.15) is 10.4 Å². The van der Waals surface area contributed by atoms with Crippen molar-refractivity contribution >= 4 is 17.2 Å². The number of hydrogen-bond acceptors (Lipinski definition) is 4. The van der Waals surface area contributed by atoms with Crippen LogP contribution in [0.5, 0.6) is 0 Å². The summed E-state index contributed by atoms with van der Waals surface area (Å²) in [6.07, 6.45) is 7.37. The van der Waals surface area contributed by atoms with E-state index in [0.717, 1.165) is 33.7 Å². The van der Waals surface area contributed by atoms with Crippen LogP contribution in [-0.2, 0) is 5.41 Å². The summed E-state index contributed by atoms with van der Waals surface area (Å²) in [7, 11) is 0. The van der Waals surface area contributed by atoms with Gasteiger partial charge in [-0.05, 0) is 65.9 Å². The van der Waals surface area contributed by atoms with Gasteiger partial charge in [-0.3, -0.25) is 9.78 Å². The maximum atomic E-state index is 13.2. The van der Waals surface area contributed by atoms with Crippen LogP contribution in [0.3, 0.4) is 0 Å². The van der Waals surface area contributed by atoms with E-state index >= 15 is 0 Å². The molecule has 178 valence electrons. The van der Waals surface area contributed by atoms with Crippen molar-refractivity contribution in [3.8, 4) is 23.0 Å². The highest BCUT2D eigenvalue weighted by molar-refractivity contribution is 6.05. The molecule has 7 heteroatoms. The first-order chi connectivity index (χ1) is 17.2. The van der Waals surface area contributed by atoms with Crippen LogP contribution in [0.4, 0.5) is 5.69 Å². The molecule has 7 nitrogen and oxygen atoms in total. The van der Waals surface area contributed by atoms with Crippen LogP contribution in [0, 0.1) is 18.3 Å². The average molecular weight is 475 g/mol. The smallest absolute Gasteiger partial charge is 0.255 e. The predicted molar refractivity (Wildman–Crippen MR) is 140 cm³/mol. The van der Waals surface area contributed by atoms with Crippen molar-refractivity contribution in [3.05, 3.63) is 102 Å². The Kier molecular flexibility index (Phi) is 5.65. The number of fused-ring (bicyclic) bond motifs is 1. The van der Waals surface area contributed by atoms with Crippen molar-refractivity contribution in [2.45, 2.75) is 33.1 Å². The topological polar surface area (TPSA) is 88.0 Å². The molecule has 5 rings (SSSR count). The monoisotopic (exact) mass is 474 g/mol. The van der Waals surface area contributed by atoms with Crippen molar-refractivity contribution < 1.29 is 4.79 Å². The molecule has 0 atom stereocenters. The van der Waals surface area contributed by atoms with Gasteiger partial charge in [0.25, 0.3) is 5.91 Å². The minimum atomic E-state index is -0.251. The van der Waals surface area contributed by atoms with E-state index in [4.69, 9.17) is 0 Å². The molecule has 1 amide bonds. The summed E-state index contributed by atoms with van der Waals surface area (Å²) in [5, 5.41) is 17.2. The lowest BCUT2D eigenvalue weighted by Gasteiger charge is -2.20. The van der Waals surface area contributed by atoms with E-state index in [1.807, 2.05) is 76.9 Å². The molecule has 5 aromatic rings. The summed E-state index contributed by atoms with van der Waals surface area (Å²) < 4.78 is 3.85. The lowest BCUT2D eigenvalue weighted by atomic mass is 9.85. The average Bonchev–Trinajstić information content (AvgIpc) is 3.46. The predicted octanol–water partition coefficient (Wildman–Crippen LogP) is 5.92. The SMILES string of the molecule is Cc1ccc(-n2ccn3nc(-c4cccnc4)cc23)cc1NC(=O)c1cc(C#N)cc(C(C)(C)C)c1. The van der Waals surface area contributed by atoms with E-state index in [1.165, 1.54) is 0 Å². The quantitative estimate of drug-likeness (QED) is 0.350. The number of benzene rings is 2. The van der Waals surface area contributed by atoms with Gasteiger partial charge in [0.1, 0.15) is 5.65 Å². The molecule has 0 aliphatic rings. The highest BCUT2D eigenvalue weighted by atomic mass is 16.1. The number of carbonyl (C=O) groups excluding carboxylic acids is 1. The lowest BCUT2D eigenvalue weighted by molar-refractivity contribution is 0.102. The Labute approximate surface area is 209 Å². The number of nitrogens with zero attached hydrogens (tertiary/aromatic N) is 5. The number of aromatic nitrogens is 4. The second-order valence-electron chi connectivity index (χ2n) is 9.86. The minimum absolute atomic E-state index is 0.183. The first kappa shape index (κ1) is 23.1. The highest BCUT2D eigenvalue weighted by Gasteiger charge is 2.18. The summed E-state index contributed by atoms with van der Waals surface area (Å²) in [5.41, 5.74) is 6.90. The summed E-state index contributed by atoms with van der Waals surface area (Å²) in [4.78, 5) is 17.4. The van der Waals surface area contributed by atoms with Crippen molar-refractivity contribution in [2.75, 3.05) is 5.32 Å². The number of anilines is 1. The molecule has 0 spiro atoms. The Hall–Kier alpha value is -4.70. The molecule has 0 saturated carbocycles. The molecule has 0 saturated heterocycles. The summed E-state index contributed by atoms with van der Waals surface area (Å²) >= 11 is 0. The Morgan fingerprint density at radius 2 is 1.89 bits per heavy atom. The maximum absolute atomic E-state index is 13.2. The van der Waals surface area contributed by atoms with Crippen molar-refractivity contribution in [1.29, 1.82) is 5.26 Å². The number of rotatable bonds is 4. The fraction of sp³-hybridized carbons (Fsp3) is 0.172. The van der Waals surface area contributed by atoms with Crippen LogP contribution in [-0.4, -0.2) is 25.1 Å². The molecular formula is C29H26N6O. The zero-order valence-corrected chi connectivity index (χ0v) is 20.6. The largest absolute Gasteiger partial charge is 0.322 e. The van der Waals surface area contributed by atoms with E-state index in [9.17, 15) is 10.1 Å². The van der Waals surface area contributed by atoms with Gasteiger partial charge in [-0.25, -0.2) is 4.52 Å². The number of pyridine rings is 1. The van der Waals surface area contributed by atoms with Crippen LogP contribution in [0.2, 0.25) is 0 Å². The number of amides is 1. The van der Waals surface area contributed by atoms with Gasteiger partial charge in [0.05, 0.1) is 17.3 Å². The van der Waals surface area contributed by atoms with Crippen LogP contribution in [0.25, 0.3) is 22.6 Å². The first-order valence-corrected chi connectivity index (χ1v) is 11.7. The van der Waals surface area contributed by atoms with Crippen LogP contribution in [0.1, 0.15) is 47.8 Å². The van der Waals surface area contributed by atoms with Crippen molar-refractivity contribution in [3.63, 3.8) is 0 Å². The third-order valence-electron chi connectivity index (χ3n) is 6.21. The van der Waals surface area contributed by atoms with Gasteiger partial charge >= 0.3 is 0 Å².